The summed E-state index contributed by atoms with van der Waals surface area (Å²) in [7, 11) is -1.94. The lowest BCUT2D eigenvalue weighted by molar-refractivity contribution is -0.0624. The highest BCUT2D eigenvalue weighted by atomic mass is 32.2. The van der Waals surface area contributed by atoms with Crippen molar-refractivity contribution in [1.29, 1.82) is 0 Å². The topological polar surface area (TPSA) is 126 Å². The van der Waals surface area contributed by atoms with Gasteiger partial charge in [0.05, 0.1) is 10.3 Å². The van der Waals surface area contributed by atoms with Crippen LogP contribution in [-0.4, -0.2) is 68.7 Å². The molecule has 1 unspecified atom stereocenters. The summed E-state index contributed by atoms with van der Waals surface area (Å²) in [5.74, 6) is 0.580. The van der Waals surface area contributed by atoms with Crippen molar-refractivity contribution in [2.75, 3.05) is 30.1 Å². The molecule has 1 aromatic carbocycles. The molecule has 4 heterocycles. The van der Waals surface area contributed by atoms with Crippen LogP contribution >= 0.6 is 23.3 Å². The van der Waals surface area contributed by atoms with Gasteiger partial charge < -0.3 is 9.80 Å². The predicted octanol–water partition coefficient (Wildman–Crippen LogP) is 4.81. The minimum atomic E-state index is -3.86. The van der Waals surface area contributed by atoms with Crippen LogP contribution < -0.4 is 10.2 Å². The summed E-state index contributed by atoms with van der Waals surface area (Å²) in [6.07, 6.45) is 9.97. The summed E-state index contributed by atoms with van der Waals surface area (Å²) in [6, 6.07) is 8.24. The molecule has 3 aromatic heterocycles. The number of carbonyl (C=O) groups excluding carboxylic acids is 1. The summed E-state index contributed by atoms with van der Waals surface area (Å²) in [4.78, 5) is 30.8. The van der Waals surface area contributed by atoms with Crippen LogP contribution in [0.1, 0.15) is 37.7 Å². The summed E-state index contributed by atoms with van der Waals surface area (Å²) in [6.45, 7) is 2.55. The van der Waals surface area contributed by atoms with E-state index in [-0.39, 0.29) is 22.5 Å². The van der Waals surface area contributed by atoms with Crippen molar-refractivity contribution in [2.24, 2.45) is 5.41 Å². The zero-order valence-electron chi connectivity index (χ0n) is 22.4. The molecule has 1 spiro atoms. The lowest BCUT2D eigenvalue weighted by atomic mass is 9.65. The van der Waals surface area contributed by atoms with Gasteiger partial charge in [0.2, 0.25) is 10.3 Å². The molecule has 1 saturated carbocycles. The lowest BCUT2D eigenvalue weighted by Gasteiger charge is -2.61. The van der Waals surface area contributed by atoms with Crippen LogP contribution in [0.2, 0.25) is 0 Å². The van der Waals surface area contributed by atoms with Gasteiger partial charge in [0, 0.05) is 36.7 Å². The number of nitrogens with one attached hydrogen (secondary N) is 1. The predicted molar refractivity (Wildman–Crippen MR) is 156 cm³/mol. The van der Waals surface area contributed by atoms with E-state index in [2.05, 4.69) is 24.6 Å². The number of rotatable bonds is 6. The maximum atomic E-state index is 13.5. The van der Waals surface area contributed by atoms with Gasteiger partial charge in [-0.3, -0.25) is 5.32 Å². The molecule has 210 valence electrons. The molecule has 1 aliphatic carbocycles. The maximum absolute atomic E-state index is 13.5. The number of fused-ring (bicyclic) bond motifs is 1. The van der Waals surface area contributed by atoms with Gasteiger partial charge in [0.25, 0.3) is 10.0 Å². The standard InChI is InChI=1S/C26H30N8O3S3/c1-17-7-9-18(10-8-17)40(36,37)34-14-11-19-20(27-16-28-21(19)34)32(2)22-26(12-5-4-6-13-26)15-33(22)25(35)30-23-29-24(38-3)31-39-23/h7-11,14,16,22H,4-6,12-13,15H2,1-3H3,(H,29,30,31,35). The van der Waals surface area contributed by atoms with Gasteiger partial charge in [-0.1, -0.05) is 48.7 Å². The van der Waals surface area contributed by atoms with Crippen molar-refractivity contribution < 1.29 is 13.2 Å². The Bertz CT molecular complexity index is 1660. The average Bonchev–Trinajstić information content (AvgIpc) is 3.59. The smallest absolute Gasteiger partial charge is 0.325 e. The second kappa shape index (κ2) is 10.3. The molecule has 2 aliphatic rings. The zero-order chi connectivity index (χ0) is 28.1. The highest BCUT2D eigenvalue weighted by molar-refractivity contribution is 7.98. The van der Waals surface area contributed by atoms with Gasteiger partial charge in [0.15, 0.2) is 5.65 Å². The molecule has 2 fully saturated rings. The highest BCUT2D eigenvalue weighted by Gasteiger charge is 2.57. The monoisotopic (exact) mass is 598 g/mol. The van der Waals surface area contributed by atoms with Crippen molar-refractivity contribution in [3.8, 4) is 0 Å². The van der Waals surface area contributed by atoms with E-state index < -0.39 is 10.0 Å². The molecule has 0 bridgehead atoms. The molecule has 1 atom stereocenters. The SMILES string of the molecule is CSc1nsc(NC(=O)N2CC3(CCCCC3)C2N(C)c2ncnc3c2ccn3S(=O)(=O)c2ccc(C)cc2)n1. The van der Waals surface area contributed by atoms with Crippen LogP contribution in [-0.2, 0) is 10.0 Å². The average molecular weight is 599 g/mol. The number of thioether (sulfide) groups is 1. The number of amides is 2. The molecular weight excluding hydrogens is 569 g/mol. The Morgan fingerprint density at radius 3 is 2.60 bits per heavy atom. The Balaban J connectivity index is 1.35. The number of carbonyl (C=O) groups is 1. The van der Waals surface area contributed by atoms with Crippen LogP contribution in [0.25, 0.3) is 11.0 Å². The first-order valence-corrected chi connectivity index (χ1v) is 16.5. The molecule has 1 aliphatic heterocycles. The maximum Gasteiger partial charge on any atom is 0.325 e. The fraction of sp³-hybridized carbons (Fsp3) is 0.423. The van der Waals surface area contributed by atoms with Crippen molar-refractivity contribution in [1.82, 2.24) is 28.2 Å². The minimum Gasteiger partial charge on any atom is -0.338 e. The van der Waals surface area contributed by atoms with E-state index in [1.807, 2.05) is 30.0 Å². The molecule has 1 saturated heterocycles. The van der Waals surface area contributed by atoms with Crippen molar-refractivity contribution in [3.05, 3.63) is 48.4 Å². The van der Waals surface area contributed by atoms with Gasteiger partial charge in [-0.2, -0.15) is 9.36 Å². The van der Waals surface area contributed by atoms with Gasteiger partial charge in [0.1, 0.15) is 18.3 Å². The second-order valence-corrected chi connectivity index (χ2v) is 13.8. The Hall–Kier alpha value is -3.23. The largest absolute Gasteiger partial charge is 0.338 e. The Kier molecular flexibility index (Phi) is 6.95. The number of aryl methyl sites for hydroxylation is 1. The third-order valence-corrected chi connectivity index (χ3v) is 10.9. The highest BCUT2D eigenvalue weighted by Crippen LogP contribution is 2.51. The number of anilines is 2. The summed E-state index contributed by atoms with van der Waals surface area (Å²) < 4.78 is 32.4. The molecule has 14 heteroatoms. The van der Waals surface area contributed by atoms with Crippen LogP contribution in [0.5, 0.6) is 0 Å². The third kappa shape index (κ3) is 4.51. The van der Waals surface area contributed by atoms with E-state index in [0.29, 0.717) is 33.7 Å². The number of nitrogens with zero attached hydrogens (tertiary/aromatic N) is 7. The van der Waals surface area contributed by atoms with Crippen LogP contribution in [0.3, 0.4) is 0 Å². The van der Waals surface area contributed by atoms with Gasteiger partial charge in [-0.05, 0) is 44.2 Å². The molecule has 11 nitrogen and oxygen atoms in total. The minimum absolute atomic E-state index is 0.0658. The zero-order valence-corrected chi connectivity index (χ0v) is 24.9. The molecule has 1 N–H and O–H groups in total. The van der Waals surface area contributed by atoms with Crippen LogP contribution in [0.15, 0.2) is 52.9 Å². The number of likely N-dealkylation sites (tertiary alicyclic amines) is 1. The fourth-order valence-corrected chi connectivity index (χ4v) is 8.45. The number of hydrogen-bond acceptors (Lipinski definition) is 10. The molecule has 6 rings (SSSR count). The summed E-state index contributed by atoms with van der Waals surface area (Å²) in [5.41, 5.74) is 1.21. The number of benzene rings is 1. The Labute approximate surface area is 241 Å². The van der Waals surface area contributed by atoms with Crippen molar-refractivity contribution in [2.45, 2.75) is 55.2 Å². The van der Waals surface area contributed by atoms with Gasteiger partial charge >= 0.3 is 6.03 Å². The summed E-state index contributed by atoms with van der Waals surface area (Å²) in [5, 5.41) is 4.60. The van der Waals surface area contributed by atoms with Gasteiger partial charge in [-0.15, -0.1) is 0 Å². The van der Waals surface area contributed by atoms with Crippen molar-refractivity contribution >= 4 is 61.3 Å². The second-order valence-electron chi connectivity index (χ2n) is 10.4. The van der Waals surface area contributed by atoms with E-state index in [9.17, 15) is 13.2 Å². The molecule has 40 heavy (non-hydrogen) atoms. The number of aromatic nitrogens is 5. The Morgan fingerprint density at radius 2 is 1.90 bits per heavy atom. The van der Waals surface area contributed by atoms with Gasteiger partial charge in [-0.25, -0.2) is 27.2 Å². The lowest BCUT2D eigenvalue weighted by Crippen LogP contribution is -2.73. The molecule has 2 amide bonds. The van der Waals surface area contributed by atoms with E-state index in [1.165, 1.54) is 34.7 Å². The third-order valence-electron chi connectivity index (χ3n) is 7.95. The molecule has 4 aromatic rings. The van der Waals surface area contributed by atoms with E-state index >= 15 is 0 Å². The quantitative estimate of drug-likeness (QED) is 0.311. The van der Waals surface area contributed by atoms with Crippen molar-refractivity contribution in [3.63, 3.8) is 0 Å². The van der Waals surface area contributed by atoms with Crippen LogP contribution in [0.4, 0.5) is 15.7 Å². The van der Waals surface area contributed by atoms with E-state index in [1.54, 1.807) is 30.3 Å². The normalized spacial score (nSPS) is 18.6. The van der Waals surface area contributed by atoms with E-state index in [4.69, 9.17) is 0 Å². The molecular formula is C26H30N8O3S3. The molecule has 0 radical (unpaired) electrons. The first kappa shape index (κ1) is 27.0. The summed E-state index contributed by atoms with van der Waals surface area (Å²) >= 11 is 2.58. The fourth-order valence-electron chi connectivity index (χ4n) is 6.04. The number of hydrogen-bond donors (Lipinski definition) is 1. The van der Waals surface area contributed by atoms with E-state index in [0.717, 1.165) is 42.8 Å². The first-order valence-electron chi connectivity index (χ1n) is 13.1. The number of urea groups is 1. The Morgan fingerprint density at radius 1 is 1.15 bits per heavy atom. The van der Waals surface area contributed by atoms with Crippen LogP contribution in [0, 0.1) is 12.3 Å². The first-order chi connectivity index (χ1) is 19.2.